The van der Waals surface area contributed by atoms with Crippen LogP contribution in [0.25, 0.3) is 5.69 Å². The summed E-state index contributed by atoms with van der Waals surface area (Å²) in [5.41, 5.74) is 2.05. The monoisotopic (exact) mass is 478 g/mol. The minimum atomic E-state index is -0.503. The predicted octanol–water partition coefficient (Wildman–Crippen LogP) is 4.81. The van der Waals surface area contributed by atoms with Crippen LogP contribution in [0.3, 0.4) is 0 Å². The first-order valence-corrected chi connectivity index (χ1v) is 11.3. The van der Waals surface area contributed by atoms with Gasteiger partial charge in [-0.05, 0) is 48.0 Å². The molecule has 0 saturated heterocycles. The van der Waals surface area contributed by atoms with Crippen LogP contribution in [0.2, 0.25) is 0 Å². The molecule has 2 amide bonds. The van der Waals surface area contributed by atoms with Gasteiger partial charge < -0.3 is 10.6 Å². The van der Waals surface area contributed by atoms with Crippen molar-refractivity contribution in [3.63, 3.8) is 0 Å². The molecule has 2 N–H and O–H groups in total. The van der Waals surface area contributed by atoms with Gasteiger partial charge in [0.2, 0.25) is 5.91 Å². The lowest BCUT2D eigenvalue weighted by molar-refractivity contribution is -0.113. The number of carbonyl (C=O) groups excluding carboxylic acids is 2. The Hall–Kier alpha value is -3.98. The van der Waals surface area contributed by atoms with E-state index in [1.807, 2.05) is 6.07 Å². The second-order valence-electron chi connectivity index (χ2n) is 7.26. The minimum absolute atomic E-state index is 0.0309. The van der Waals surface area contributed by atoms with Crippen LogP contribution in [-0.2, 0) is 11.3 Å². The zero-order valence-corrected chi connectivity index (χ0v) is 18.7. The number of nitrogens with one attached hydrogen (secondary N) is 2. The first-order valence-electron chi connectivity index (χ1n) is 10.3. The van der Waals surface area contributed by atoms with E-state index in [1.54, 1.807) is 59.4 Å². The molecule has 0 aliphatic carbocycles. The number of anilines is 1. The van der Waals surface area contributed by atoms with E-state index in [9.17, 15) is 18.4 Å². The first kappa shape index (κ1) is 23.2. The van der Waals surface area contributed by atoms with Gasteiger partial charge in [0.05, 0.1) is 11.4 Å². The Kier molecular flexibility index (Phi) is 7.34. The molecule has 172 valence electrons. The second-order valence-corrected chi connectivity index (χ2v) is 8.20. The third-order valence-electron chi connectivity index (χ3n) is 4.84. The van der Waals surface area contributed by atoms with Gasteiger partial charge in [0.25, 0.3) is 5.91 Å². The average molecular weight is 479 g/mol. The lowest BCUT2D eigenvalue weighted by Crippen LogP contribution is -2.22. The number of hydrogen-bond acceptors (Lipinski definition) is 4. The number of benzene rings is 3. The molecule has 0 unspecified atom stereocenters. The number of rotatable bonds is 8. The molecule has 0 spiro atoms. The number of halogens is 2. The van der Waals surface area contributed by atoms with Gasteiger partial charge in [0, 0.05) is 30.2 Å². The lowest BCUT2D eigenvalue weighted by atomic mass is 10.1. The van der Waals surface area contributed by atoms with E-state index in [1.165, 1.54) is 36.0 Å². The Morgan fingerprint density at radius 1 is 0.971 bits per heavy atom. The number of para-hydroxylation sites is 1. The zero-order chi connectivity index (χ0) is 23.9. The van der Waals surface area contributed by atoms with E-state index in [4.69, 9.17) is 0 Å². The van der Waals surface area contributed by atoms with E-state index in [2.05, 4.69) is 15.6 Å². The molecular formula is C25H20F2N4O2S. The van der Waals surface area contributed by atoms with Crippen molar-refractivity contribution in [1.82, 2.24) is 14.9 Å². The molecular weight excluding hydrogens is 458 g/mol. The number of imidazole rings is 1. The van der Waals surface area contributed by atoms with Crippen LogP contribution in [0.1, 0.15) is 15.9 Å². The largest absolute Gasteiger partial charge is 0.348 e. The average Bonchev–Trinajstić information content (AvgIpc) is 3.32. The highest BCUT2D eigenvalue weighted by molar-refractivity contribution is 7.99. The smallest absolute Gasteiger partial charge is 0.251 e. The van der Waals surface area contributed by atoms with Crippen LogP contribution in [-0.4, -0.2) is 27.1 Å². The summed E-state index contributed by atoms with van der Waals surface area (Å²) >= 11 is 1.19. The normalized spacial score (nSPS) is 10.6. The minimum Gasteiger partial charge on any atom is -0.348 e. The zero-order valence-electron chi connectivity index (χ0n) is 17.9. The Morgan fingerprint density at radius 2 is 1.76 bits per heavy atom. The molecule has 1 heterocycles. The molecule has 4 aromatic rings. The van der Waals surface area contributed by atoms with Crippen molar-refractivity contribution >= 4 is 29.3 Å². The van der Waals surface area contributed by atoms with Crippen molar-refractivity contribution in [1.29, 1.82) is 0 Å². The van der Waals surface area contributed by atoms with E-state index in [0.29, 0.717) is 16.4 Å². The van der Waals surface area contributed by atoms with Gasteiger partial charge in [0.15, 0.2) is 5.16 Å². The molecule has 6 nitrogen and oxygen atoms in total. The van der Waals surface area contributed by atoms with Crippen molar-refractivity contribution in [3.05, 3.63) is 108 Å². The van der Waals surface area contributed by atoms with Crippen LogP contribution in [0.5, 0.6) is 0 Å². The van der Waals surface area contributed by atoms with Crippen LogP contribution in [0.4, 0.5) is 14.5 Å². The Morgan fingerprint density at radius 3 is 2.56 bits per heavy atom. The van der Waals surface area contributed by atoms with E-state index in [0.717, 1.165) is 5.56 Å². The number of carbonyl (C=O) groups is 2. The second kappa shape index (κ2) is 10.8. The van der Waals surface area contributed by atoms with Gasteiger partial charge in [-0.15, -0.1) is 0 Å². The molecule has 3 aromatic carbocycles. The molecule has 0 atom stereocenters. The third-order valence-corrected chi connectivity index (χ3v) is 5.81. The molecule has 0 bridgehead atoms. The fraction of sp³-hybridized carbons (Fsp3) is 0.0800. The number of nitrogens with zero attached hydrogens (tertiary/aromatic N) is 2. The number of aromatic nitrogens is 2. The van der Waals surface area contributed by atoms with Gasteiger partial charge in [-0.25, -0.2) is 13.8 Å². The molecule has 1 aromatic heterocycles. The third kappa shape index (κ3) is 5.87. The van der Waals surface area contributed by atoms with Crippen LogP contribution in [0, 0.1) is 11.6 Å². The highest BCUT2D eigenvalue weighted by atomic mass is 32.2. The molecule has 0 saturated carbocycles. The van der Waals surface area contributed by atoms with Crippen LogP contribution in [0.15, 0.2) is 90.3 Å². The Labute approximate surface area is 199 Å². The lowest BCUT2D eigenvalue weighted by Gasteiger charge is -2.10. The number of thioether (sulfide) groups is 1. The van der Waals surface area contributed by atoms with Gasteiger partial charge in [-0.1, -0.05) is 42.1 Å². The fourth-order valence-corrected chi connectivity index (χ4v) is 3.93. The summed E-state index contributed by atoms with van der Waals surface area (Å²) in [4.78, 5) is 29.1. The quantitative estimate of drug-likeness (QED) is 0.357. The van der Waals surface area contributed by atoms with Gasteiger partial charge in [-0.3, -0.25) is 14.2 Å². The van der Waals surface area contributed by atoms with E-state index >= 15 is 0 Å². The topological polar surface area (TPSA) is 76.0 Å². The summed E-state index contributed by atoms with van der Waals surface area (Å²) in [6, 6.07) is 18.9. The number of amides is 2. The fourth-order valence-electron chi connectivity index (χ4n) is 3.16. The molecule has 0 fully saturated rings. The van der Waals surface area contributed by atoms with Crippen molar-refractivity contribution < 1.29 is 18.4 Å². The van der Waals surface area contributed by atoms with Crippen molar-refractivity contribution in [3.8, 4) is 5.69 Å². The predicted molar refractivity (Wildman–Crippen MR) is 127 cm³/mol. The van der Waals surface area contributed by atoms with E-state index in [-0.39, 0.29) is 35.6 Å². The summed E-state index contributed by atoms with van der Waals surface area (Å²) in [6.45, 7) is 0.270. The summed E-state index contributed by atoms with van der Waals surface area (Å²) in [7, 11) is 0. The summed E-state index contributed by atoms with van der Waals surface area (Å²) in [6.07, 6.45) is 3.32. The van der Waals surface area contributed by atoms with Crippen LogP contribution < -0.4 is 10.6 Å². The standard InChI is InChI=1S/C25H20F2N4O2S/c26-19-10-8-17(9-11-19)15-29-24(33)18-4-3-5-20(14-18)31-13-12-28-25(31)34-16-23(32)30-22-7-2-1-6-21(22)27/h1-14H,15-16H2,(H,29,33)(H,30,32). The summed E-state index contributed by atoms with van der Waals surface area (Å²) in [5.74, 6) is -1.44. The highest BCUT2D eigenvalue weighted by Crippen LogP contribution is 2.22. The first-order chi connectivity index (χ1) is 16.5. The van der Waals surface area contributed by atoms with Gasteiger partial charge >= 0.3 is 0 Å². The maximum absolute atomic E-state index is 13.7. The van der Waals surface area contributed by atoms with E-state index < -0.39 is 5.82 Å². The Bertz CT molecular complexity index is 1310. The summed E-state index contributed by atoms with van der Waals surface area (Å²) < 4.78 is 28.5. The molecule has 34 heavy (non-hydrogen) atoms. The maximum atomic E-state index is 13.7. The maximum Gasteiger partial charge on any atom is 0.251 e. The van der Waals surface area contributed by atoms with Crippen molar-refractivity contribution in [2.24, 2.45) is 0 Å². The number of hydrogen-bond donors (Lipinski definition) is 2. The van der Waals surface area contributed by atoms with Crippen molar-refractivity contribution in [2.75, 3.05) is 11.1 Å². The molecule has 9 heteroatoms. The van der Waals surface area contributed by atoms with Gasteiger partial charge in [0.1, 0.15) is 11.6 Å². The molecule has 0 radical (unpaired) electrons. The molecule has 4 rings (SSSR count). The SMILES string of the molecule is O=C(CSc1nccn1-c1cccc(C(=O)NCc2ccc(F)cc2)c1)Nc1ccccc1F. The molecule has 0 aliphatic heterocycles. The van der Waals surface area contributed by atoms with Crippen molar-refractivity contribution in [2.45, 2.75) is 11.7 Å². The Balaban J connectivity index is 1.39. The highest BCUT2D eigenvalue weighted by Gasteiger charge is 2.13. The van der Waals surface area contributed by atoms with Gasteiger partial charge in [-0.2, -0.15) is 0 Å². The molecule has 0 aliphatic rings. The van der Waals surface area contributed by atoms with Crippen LogP contribution >= 0.6 is 11.8 Å². The summed E-state index contributed by atoms with van der Waals surface area (Å²) in [5, 5.41) is 5.90.